The number of hydrogen-bond donors (Lipinski definition) is 0. The summed E-state index contributed by atoms with van der Waals surface area (Å²) in [6.07, 6.45) is 0. The molecule has 0 heterocycles. The zero-order valence-corrected chi connectivity index (χ0v) is 9.54. The van der Waals surface area contributed by atoms with Gasteiger partial charge in [0.1, 0.15) is 0 Å². The van der Waals surface area contributed by atoms with Gasteiger partial charge in [-0.15, -0.1) is 0 Å². The van der Waals surface area contributed by atoms with Crippen molar-refractivity contribution in [1.29, 1.82) is 0 Å². The van der Waals surface area contributed by atoms with Gasteiger partial charge in [0, 0.05) is 0 Å². The van der Waals surface area contributed by atoms with Gasteiger partial charge in [0.15, 0.2) is 0 Å². The van der Waals surface area contributed by atoms with Crippen LogP contribution in [0.2, 0.25) is 0 Å². The first-order valence-electron chi connectivity index (χ1n) is 0.507. The summed E-state index contributed by atoms with van der Waals surface area (Å²) in [7, 11) is 0. The molecule has 0 fully saturated rings. The van der Waals surface area contributed by atoms with Crippen molar-refractivity contribution in [2.24, 2.45) is 0 Å². The topological polar surface area (TPSA) is 63.0 Å². The average Bonchev–Trinajstić information content (AvgIpc) is 0.811. The first kappa shape index (κ1) is 15.7. The van der Waals surface area contributed by atoms with Crippen molar-refractivity contribution in [2.75, 3.05) is 0 Å². The first-order chi connectivity index (χ1) is 1.73. The van der Waals surface area contributed by atoms with Crippen LogP contribution >= 0.6 is 39.1 Å². The molecule has 6 heteroatoms. The van der Waals surface area contributed by atoms with E-state index in [2.05, 4.69) is 39.1 Å². The molecule has 0 saturated heterocycles. The van der Waals surface area contributed by atoms with Crippen LogP contribution < -0.4 is 0 Å². The van der Waals surface area contributed by atoms with Gasteiger partial charge in [-0.25, -0.2) is 0 Å². The Morgan fingerprint density at radius 2 is 0.833 bits per heavy atom. The molecule has 0 aliphatic rings. The summed E-state index contributed by atoms with van der Waals surface area (Å²) in [5.74, 6) is 0. The quantitative estimate of drug-likeness (QED) is 0.570. The molecule has 2 nitrogen and oxygen atoms in total. The first-order valence-corrected chi connectivity index (χ1v) is 15.6. The average molecular weight is 369 g/mol. The van der Waals surface area contributed by atoms with Crippen molar-refractivity contribution in [1.82, 2.24) is 0 Å². The molecule has 0 aromatic heterocycles. The molecule has 0 aromatic carbocycles. The summed E-state index contributed by atoms with van der Waals surface area (Å²) in [5, 5.41) is 0. The third kappa shape index (κ3) is 36.0. The Labute approximate surface area is 61.3 Å². The Balaban J connectivity index is -0.0000000450. The van der Waals surface area contributed by atoms with E-state index in [4.69, 9.17) is 0 Å². The zero-order chi connectivity index (χ0) is 3.58. The molecule has 0 amide bonds. The fourth-order valence-corrected chi connectivity index (χ4v) is 0. The van der Waals surface area contributed by atoms with Gasteiger partial charge in [-0.3, -0.25) is 0 Å². The number of rotatable bonds is 0. The van der Waals surface area contributed by atoms with E-state index in [1.807, 2.05) is 0 Å². The molecule has 0 unspecified atom stereocenters. The molecule has 0 rings (SSSR count). The second-order valence-corrected chi connectivity index (χ2v) is 30.6. The van der Waals surface area contributed by atoms with Crippen LogP contribution in [0.3, 0.4) is 0 Å². The van der Waals surface area contributed by atoms with E-state index in [0.717, 1.165) is 0 Å². The molecule has 0 atom stereocenters. The van der Waals surface area contributed by atoms with E-state index in [1.165, 1.54) is 0 Å². The third-order valence-corrected chi connectivity index (χ3v) is 0. The molecule has 42 valence electrons. The van der Waals surface area contributed by atoms with Gasteiger partial charge in [0.25, 0.3) is 0 Å². The molecular weight excluding hydrogens is 365 g/mol. The van der Waals surface area contributed by atoms with Crippen molar-refractivity contribution in [2.45, 2.75) is 0 Å². The minimum atomic E-state index is -1.01. The summed E-state index contributed by atoms with van der Waals surface area (Å²) in [6.45, 7) is 0. The SMILES string of the molecule is O.O.[Br][Nb]([Br])[Br]. The van der Waals surface area contributed by atoms with Gasteiger partial charge < -0.3 is 11.0 Å². The Hall–Kier alpha value is 2.10. The van der Waals surface area contributed by atoms with Gasteiger partial charge in [-0.1, -0.05) is 0 Å². The standard InChI is InChI=1S/3BrH.Nb.2H2O/h3*1H;;2*1H2/q;;;+3;;/p-3. The Kier molecular flexibility index (Phi) is 26.6. The summed E-state index contributed by atoms with van der Waals surface area (Å²) in [6, 6.07) is 0. The molecule has 0 radical (unpaired) electrons. The monoisotopic (exact) mass is 366 g/mol. The van der Waals surface area contributed by atoms with Crippen LogP contribution in [-0.2, 0) is 12.0 Å². The van der Waals surface area contributed by atoms with E-state index >= 15 is 0 Å². The van der Waals surface area contributed by atoms with E-state index in [0.29, 0.717) is 0 Å². The predicted molar refractivity (Wildman–Crippen MR) is 34.0 cm³/mol. The van der Waals surface area contributed by atoms with Crippen LogP contribution in [0.5, 0.6) is 0 Å². The van der Waals surface area contributed by atoms with Gasteiger partial charge in [-0.2, -0.15) is 0 Å². The maximum atomic E-state index is 3.29. The summed E-state index contributed by atoms with van der Waals surface area (Å²) in [5.41, 5.74) is 0. The summed E-state index contributed by atoms with van der Waals surface area (Å²) >= 11 is 8.85. The Bertz CT molecular complexity index is 13.5. The molecule has 0 bridgehead atoms. The molecule has 0 aromatic rings. The van der Waals surface area contributed by atoms with Crippen molar-refractivity contribution >= 4 is 39.1 Å². The van der Waals surface area contributed by atoms with E-state index in [9.17, 15) is 0 Å². The van der Waals surface area contributed by atoms with Gasteiger partial charge in [0.05, 0.1) is 0 Å². The van der Waals surface area contributed by atoms with Crippen LogP contribution in [0.4, 0.5) is 0 Å². The Morgan fingerprint density at radius 3 is 0.833 bits per heavy atom. The van der Waals surface area contributed by atoms with Crippen molar-refractivity contribution < 1.29 is 23.0 Å². The van der Waals surface area contributed by atoms with Crippen LogP contribution in [0.1, 0.15) is 0 Å². The number of hydrogen-bond acceptors (Lipinski definition) is 0. The fourth-order valence-electron chi connectivity index (χ4n) is 0. The fraction of sp³-hybridized carbons (Fsp3) is 0. The van der Waals surface area contributed by atoms with E-state index < -0.39 is 12.0 Å². The van der Waals surface area contributed by atoms with Gasteiger partial charge >= 0.3 is 51.1 Å². The molecule has 4 N–H and O–H groups in total. The summed E-state index contributed by atoms with van der Waals surface area (Å²) in [4.78, 5) is 0. The molecule has 6 heavy (non-hydrogen) atoms. The van der Waals surface area contributed by atoms with E-state index in [1.54, 1.807) is 0 Å². The van der Waals surface area contributed by atoms with Crippen LogP contribution in [0.25, 0.3) is 0 Å². The van der Waals surface area contributed by atoms with Gasteiger partial charge in [-0.05, 0) is 0 Å². The zero-order valence-electron chi connectivity index (χ0n) is 2.58. The van der Waals surface area contributed by atoms with Gasteiger partial charge in [0.2, 0.25) is 0 Å². The predicted octanol–water partition coefficient (Wildman–Crippen LogP) is 0.885. The number of halogens is 3. The van der Waals surface area contributed by atoms with Crippen molar-refractivity contribution in [3.05, 3.63) is 0 Å². The molecule has 0 saturated carbocycles. The normalized spacial score (nSPS) is 6.00. The second kappa shape index (κ2) is 10.2. The maximum absolute atomic E-state index is 3.29. The van der Waals surface area contributed by atoms with Crippen LogP contribution in [0.15, 0.2) is 0 Å². The molecule has 0 spiro atoms. The van der Waals surface area contributed by atoms with Crippen LogP contribution in [0, 0.1) is 0 Å². The minimum absolute atomic E-state index is 0. The van der Waals surface area contributed by atoms with E-state index in [-0.39, 0.29) is 11.0 Å². The molecule has 0 aliphatic heterocycles. The second-order valence-electron chi connectivity index (χ2n) is 0.192. The summed E-state index contributed by atoms with van der Waals surface area (Å²) < 4.78 is 0. The molecule has 0 aliphatic carbocycles. The van der Waals surface area contributed by atoms with Crippen molar-refractivity contribution in [3.63, 3.8) is 0 Å². The molecular formula is H4Br3NbO2. The third-order valence-electron chi connectivity index (χ3n) is 0. The van der Waals surface area contributed by atoms with Crippen molar-refractivity contribution in [3.8, 4) is 0 Å². The Morgan fingerprint density at radius 1 is 0.833 bits per heavy atom. The van der Waals surface area contributed by atoms with Crippen LogP contribution in [-0.4, -0.2) is 11.0 Å².